The third-order valence-corrected chi connectivity index (χ3v) is 2.57. The van der Waals surface area contributed by atoms with Gasteiger partial charge in [0.2, 0.25) is 0 Å². The van der Waals surface area contributed by atoms with E-state index in [1.165, 1.54) is 6.07 Å². The van der Waals surface area contributed by atoms with E-state index in [1.807, 2.05) is 6.07 Å². The van der Waals surface area contributed by atoms with E-state index in [1.54, 1.807) is 6.07 Å². The number of benzene rings is 1. The topological polar surface area (TPSA) is 26.0 Å². The monoisotopic (exact) mass is 195 g/mol. The van der Waals surface area contributed by atoms with Crippen LogP contribution in [0.1, 0.15) is 37.9 Å². The Bertz CT molecular complexity index is 307. The van der Waals surface area contributed by atoms with Crippen molar-refractivity contribution in [3.8, 4) is 0 Å². The van der Waals surface area contributed by atoms with E-state index in [4.69, 9.17) is 5.73 Å². The van der Waals surface area contributed by atoms with Gasteiger partial charge < -0.3 is 5.73 Å². The van der Waals surface area contributed by atoms with Crippen LogP contribution in [0, 0.1) is 11.7 Å². The Morgan fingerprint density at radius 1 is 1.36 bits per heavy atom. The van der Waals surface area contributed by atoms with Crippen molar-refractivity contribution in [2.24, 2.45) is 11.7 Å². The molecule has 1 aromatic rings. The van der Waals surface area contributed by atoms with E-state index in [2.05, 4.69) is 20.8 Å². The van der Waals surface area contributed by atoms with Crippen molar-refractivity contribution in [1.82, 2.24) is 0 Å². The molecule has 0 spiro atoms. The number of rotatable bonds is 3. The van der Waals surface area contributed by atoms with E-state index in [9.17, 15) is 4.39 Å². The van der Waals surface area contributed by atoms with Crippen molar-refractivity contribution < 1.29 is 4.39 Å². The predicted octanol–water partition coefficient (Wildman–Crippen LogP) is 3.04. The summed E-state index contributed by atoms with van der Waals surface area (Å²) in [4.78, 5) is 0. The smallest absolute Gasteiger partial charge is 0.123 e. The first-order valence-corrected chi connectivity index (χ1v) is 5.10. The van der Waals surface area contributed by atoms with Crippen molar-refractivity contribution in [3.63, 3.8) is 0 Å². The maximum atomic E-state index is 13.1. The normalized spacial score (nSPS) is 13.3. The van der Waals surface area contributed by atoms with E-state index < -0.39 is 0 Å². The highest BCUT2D eigenvalue weighted by Gasteiger charge is 2.14. The Kier molecular flexibility index (Phi) is 3.64. The zero-order chi connectivity index (χ0) is 10.7. The first-order valence-electron chi connectivity index (χ1n) is 5.10. The van der Waals surface area contributed by atoms with E-state index in [0.717, 1.165) is 17.5 Å². The SMILES string of the molecule is CCc1ccc(F)cc1[C@H](N)C(C)C. The standard InChI is InChI=1S/C12H18FN/c1-4-9-5-6-10(13)7-11(9)12(14)8(2)3/h5-8,12H,4,14H2,1-3H3/t12-/m1/s1. The van der Waals surface area contributed by atoms with Crippen molar-refractivity contribution in [3.05, 3.63) is 35.1 Å². The lowest BCUT2D eigenvalue weighted by Crippen LogP contribution is -2.18. The molecule has 0 saturated carbocycles. The molecule has 1 rings (SSSR count). The molecule has 1 aromatic carbocycles. The number of halogens is 1. The second-order valence-corrected chi connectivity index (χ2v) is 3.97. The molecule has 0 radical (unpaired) electrons. The molecular weight excluding hydrogens is 177 g/mol. The molecular formula is C12H18FN. The summed E-state index contributed by atoms with van der Waals surface area (Å²) < 4.78 is 13.1. The summed E-state index contributed by atoms with van der Waals surface area (Å²) in [5.74, 6) is 0.135. The van der Waals surface area contributed by atoms with Gasteiger partial charge in [-0.25, -0.2) is 4.39 Å². The Balaban J connectivity index is 3.10. The molecule has 0 saturated heterocycles. The Morgan fingerprint density at radius 2 is 2.00 bits per heavy atom. The molecule has 1 atom stereocenters. The van der Waals surface area contributed by atoms with Gasteiger partial charge in [-0.1, -0.05) is 26.8 Å². The summed E-state index contributed by atoms with van der Waals surface area (Å²) in [6.45, 7) is 6.16. The van der Waals surface area contributed by atoms with Crippen LogP contribution in [0.2, 0.25) is 0 Å². The Hall–Kier alpha value is -0.890. The third kappa shape index (κ3) is 2.32. The Morgan fingerprint density at radius 3 is 2.50 bits per heavy atom. The number of nitrogens with two attached hydrogens (primary N) is 1. The molecule has 2 N–H and O–H groups in total. The minimum Gasteiger partial charge on any atom is -0.324 e. The zero-order valence-electron chi connectivity index (χ0n) is 9.05. The van der Waals surface area contributed by atoms with Crippen LogP contribution in [0.15, 0.2) is 18.2 Å². The molecule has 2 heteroatoms. The number of hydrogen-bond donors (Lipinski definition) is 1. The van der Waals surface area contributed by atoms with Gasteiger partial charge in [0, 0.05) is 6.04 Å². The summed E-state index contributed by atoms with van der Waals surface area (Å²) in [5.41, 5.74) is 8.11. The van der Waals surface area contributed by atoms with E-state index in [-0.39, 0.29) is 11.9 Å². The lowest BCUT2D eigenvalue weighted by molar-refractivity contribution is 0.506. The molecule has 14 heavy (non-hydrogen) atoms. The molecule has 0 unspecified atom stereocenters. The lowest BCUT2D eigenvalue weighted by Gasteiger charge is -2.19. The van der Waals surface area contributed by atoms with Gasteiger partial charge in [0.1, 0.15) is 5.82 Å². The van der Waals surface area contributed by atoms with Crippen molar-refractivity contribution in [2.45, 2.75) is 33.2 Å². The molecule has 0 aliphatic carbocycles. The second kappa shape index (κ2) is 4.56. The van der Waals surface area contributed by atoms with Crippen LogP contribution in [0.5, 0.6) is 0 Å². The molecule has 78 valence electrons. The number of aryl methyl sites for hydroxylation is 1. The van der Waals surface area contributed by atoms with Gasteiger partial charge in [-0.05, 0) is 35.6 Å². The summed E-state index contributed by atoms with van der Waals surface area (Å²) in [5, 5.41) is 0. The molecule has 0 aliphatic heterocycles. The van der Waals surface area contributed by atoms with Crippen molar-refractivity contribution in [2.75, 3.05) is 0 Å². The first kappa shape index (κ1) is 11.2. The average Bonchev–Trinajstić information content (AvgIpc) is 2.16. The fourth-order valence-corrected chi connectivity index (χ4v) is 1.56. The summed E-state index contributed by atoms with van der Waals surface area (Å²) in [6.07, 6.45) is 0.899. The lowest BCUT2D eigenvalue weighted by atomic mass is 9.92. The second-order valence-electron chi connectivity index (χ2n) is 3.97. The van der Waals surface area contributed by atoms with Crippen LogP contribution >= 0.6 is 0 Å². The third-order valence-electron chi connectivity index (χ3n) is 2.57. The van der Waals surface area contributed by atoms with Gasteiger partial charge in [-0.2, -0.15) is 0 Å². The highest BCUT2D eigenvalue weighted by Crippen LogP contribution is 2.23. The molecule has 0 fully saturated rings. The summed E-state index contributed by atoms with van der Waals surface area (Å²) in [7, 11) is 0. The fraction of sp³-hybridized carbons (Fsp3) is 0.500. The van der Waals surface area contributed by atoms with Crippen LogP contribution in [-0.4, -0.2) is 0 Å². The average molecular weight is 195 g/mol. The van der Waals surface area contributed by atoms with Crippen LogP contribution in [0.4, 0.5) is 4.39 Å². The number of hydrogen-bond acceptors (Lipinski definition) is 1. The van der Waals surface area contributed by atoms with Gasteiger partial charge in [0.15, 0.2) is 0 Å². The first-order chi connectivity index (χ1) is 6.56. The molecule has 0 amide bonds. The summed E-state index contributed by atoms with van der Waals surface area (Å²) in [6, 6.07) is 4.81. The van der Waals surface area contributed by atoms with E-state index >= 15 is 0 Å². The van der Waals surface area contributed by atoms with Crippen molar-refractivity contribution in [1.29, 1.82) is 0 Å². The minimum absolute atomic E-state index is 0.0688. The zero-order valence-corrected chi connectivity index (χ0v) is 9.05. The minimum atomic E-state index is -0.201. The van der Waals surface area contributed by atoms with Crippen LogP contribution in [0.3, 0.4) is 0 Å². The Labute approximate surface area is 85.1 Å². The quantitative estimate of drug-likeness (QED) is 0.788. The largest absolute Gasteiger partial charge is 0.324 e. The van der Waals surface area contributed by atoms with Gasteiger partial charge >= 0.3 is 0 Å². The van der Waals surface area contributed by atoms with Crippen molar-refractivity contribution >= 4 is 0 Å². The van der Waals surface area contributed by atoms with E-state index in [0.29, 0.717) is 5.92 Å². The van der Waals surface area contributed by atoms with Gasteiger partial charge in [-0.3, -0.25) is 0 Å². The van der Waals surface area contributed by atoms with Crippen LogP contribution in [0.25, 0.3) is 0 Å². The summed E-state index contributed by atoms with van der Waals surface area (Å²) >= 11 is 0. The molecule has 0 aliphatic rings. The molecule has 1 nitrogen and oxygen atoms in total. The van der Waals surface area contributed by atoms with Crippen LogP contribution < -0.4 is 5.73 Å². The molecule has 0 bridgehead atoms. The predicted molar refractivity (Wildman–Crippen MR) is 57.5 cm³/mol. The highest BCUT2D eigenvalue weighted by molar-refractivity contribution is 5.30. The maximum absolute atomic E-state index is 13.1. The van der Waals surface area contributed by atoms with Gasteiger partial charge in [0.25, 0.3) is 0 Å². The van der Waals surface area contributed by atoms with Gasteiger partial charge in [-0.15, -0.1) is 0 Å². The molecule has 0 aromatic heterocycles. The highest BCUT2D eigenvalue weighted by atomic mass is 19.1. The van der Waals surface area contributed by atoms with Gasteiger partial charge in [0.05, 0.1) is 0 Å². The maximum Gasteiger partial charge on any atom is 0.123 e. The molecule has 0 heterocycles. The fourth-order valence-electron chi connectivity index (χ4n) is 1.56. The van der Waals surface area contributed by atoms with Crippen LogP contribution in [-0.2, 0) is 6.42 Å².